The molecule has 0 aliphatic carbocycles. The van der Waals surface area contributed by atoms with Crippen LogP contribution in [-0.4, -0.2) is 66.2 Å². The van der Waals surface area contributed by atoms with Gasteiger partial charge < -0.3 is 28.8 Å². The Morgan fingerprint density at radius 1 is 0.941 bits per heavy atom. The monoisotopic (exact) mass is 274 g/mol. The molecule has 0 aliphatic rings. The second-order valence-corrected chi connectivity index (χ2v) is 3.76. The molecule has 4 N–H and O–H groups in total. The van der Waals surface area contributed by atoms with Crippen LogP contribution in [0.4, 0.5) is 0 Å². The van der Waals surface area contributed by atoms with Gasteiger partial charge in [-0.3, -0.25) is 0 Å². The number of hydrogen-bond donors (Lipinski definition) is 4. The van der Waals surface area contributed by atoms with Crippen molar-refractivity contribution < 1.29 is 46.8 Å². The van der Waals surface area contributed by atoms with E-state index in [0.717, 1.165) is 0 Å². The van der Waals surface area contributed by atoms with Crippen LogP contribution >= 0.6 is 0 Å². The first-order chi connectivity index (χ1) is 7.73. The van der Waals surface area contributed by atoms with Gasteiger partial charge in [-0.1, -0.05) is 0 Å². The first-order valence-electron chi connectivity index (χ1n) is 4.03. The zero-order valence-corrected chi connectivity index (χ0v) is 9.03. The summed E-state index contributed by atoms with van der Waals surface area (Å²) in [7, 11) is -5.13. The highest BCUT2D eigenvalue weighted by Gasteiger charge is 2.29. The van der Waals surface area contributed by atoms with E-state index in [2.05, 4.69) is 8.37 Å². The van der Waals surface area contributed by atoms with Crippen molar-refractivity contribution in [1.29, 1.82) is 0 Å². The van der Waals surface area contributed by atoms with E-state index >= 15 is 0 Å². The summed E-state index contributed by atoms with van der Waals surface area (Å²) >= 11 is 0. The topological polar surface area (TPSA) is 168 Å². The molecular formula is C6H10O10S. The Bertz CT molecular complexity index is 342. The molecule has 0 aromatic rings. The van der Waals surface area contributed by atoms with Crippen LogP contribution in [0.1, 0.15) is 0 Å². The quantitative estimate of drug-likeness (QED) is 0.374. The lowest BCUT2D eigenvalue weighted by atomic mass is 10.4. The number of carbonyl (C=O) groups excluding carboxylic acids is 2. The van der Waals surface area contributed by atoms with E-state index < -0.39 is 47.8 Å². The van der Waals surface area contributed by atoms with Crippen molar-refractivity contribution in [3.8, 4) is 0 Å². The zero-order chi connectivity index (χ0) is 13.6. The predicted octanol–water partition coefficient (Wildman–Crippen LogP) is -3.98. The Morgan fingerprint density at radius 3 is 1.47 bits per heavy atom. The third kappa shape index (κ3) is 5.55. The van der Waals surface area contributed by atoms with Crippen molar-refractivity contribution in [2.75, 3.05) is 13.2 Å². The first-order valence-corrected chi connectivity index (χ1v) is 5.36. The molecule has 0 saturated heterocycles. The average molecular weight is 274 g/mol. The lowest BCUT2D eigenvalue weighted by Crippen LogP contribution is -2.33. The minimum absolute atomic E-state index is 1.10. The fourth-order valence-corrected chi connectivity index (χ4v) is 1.14. The van der Waals surface area contributed by atoms with Gasteiger partial charge in [0.1, 0.15) is 0 Å². The van der Waals surface area contributed by atoms with E-state index in [1.54, 1.807) is 0 Å². The van der Waals surface area contributed by atoms with Crippen molar-refractivity contribution in [3.63, 3.8) is 0 Å². The summed E-state index contributed by atoms with van der Waals surface area (Å²) in [5, 5.41) is 33.9. The summed E-state index contributed by atoms with van der Waals surface area (Å²) in [6.45, 7) is -2.19. The minimum atomic E-state index is -5.13. The third-order valence-electron chi connectivity index (χ3n) is 1.26. The maximum absolute atomic E-state index is 10.8. The summed E-state index contributed by atoms with van der Waals surface area (Å²) in [6.07, 6.45) is -4.24. The SMILES string of the molecule is O=C(OS(=O)(=O)OC(=O)C(O)CO)C(O)CO. The van der Waals surface area contributed by atoms with Gasteiger partial charge >= 0.3 is 22.3 Å². The van der Waals surface area contributed by atoms with Gasteiger partial charge in [-0.15, -0.1) is 8.42 Å². The van der Waals surface area contributed by atoms with Gasteiger partial charge in [-0.2, -0.15) is 0 Å². The molecule has 17 heavy (non-hydrogen) atoms. The van der Waals surface area contributed by atoms with Gasteiger partial charge in [0.25, 0.3) is 0 Å². The molecule has 100 valence electrons. The fraction of sp³-hybridized carbons (Fsp3) is 0.667. The highest BCUT2D eigenvalue weighted by Crippen LogP contribution is 2.02. The molecule has 0 saturated carbocycles. The van der Waals surface area contributed by atoms with Gasteiger partial charge in [0, 0.05) is 0 Å². The molecule has 0 spiro atoms. The van der Waals surface area contributed by atoms with Crippen LogP contribution in [0.5, 0.6) is 0 Å². The molecule has 11 heteroatoms. The van der Waals surface area contributed by atoms with Crippen LogP contribution < -0.4 is 0 Å². The Kier molecular flexibility index (Phi) is 5.98. The Balaban J connectivity index is 4.51. The third-order valence-corrected chi connectivity index (χ3v) is 2.00. The van der Waals surface area contributed by atoms with Crippen LogP contribution in [0.25, 0.3) is 0 Å². The highest BCUT2D eigenvalue weighted by molar-refractivity contribution is 7.82. The van der Waals surface area contributed by atoms with Gasteiger partial charge in [0.05, 0.1) is 13.2 Å². The van der Waals surface area contributed by atoms with E-state index in [1.807, 2.05) is 0 Å². The lowest BCUT2D eigenvalue weighted by Gasteiger charge is -2.09. The standard InChI is InChI=1S/C6H10O10S/c7-1-3(9)5(11)15-17(13,14)16-6(12)4(10)2-8/h3-4,7-10H,1-2H2. The van der Waals surface area contributed by atoms with E-state index in [4.69, 9.17) is 20.4 Å². The number of aliphatic hydroxyl groups is 4. The van der Waals surface area contributed by atoms with Gasteiger partial charge in [-0.05, 0) is 0 Å². The Hall–Kier alpha value is -1.27. The molecule has 0 heterocycles. The van der Waals surface area contributed by atoms with Gasteiger partial charge in [0.15, 0.2) is 12.2 Å². The molecule has 0 aliphatic heterocycles. The van der Waals surface area contributed by atoms with Crippen molar-refractivity contribution >= 4 is 22.3 Å². The molecular weight excluding hydrogens is 264 g/mol. The fourth-order valence-electron chi connectivity index (χ4n) is 0.478. The summed E-state index contributed by atoms with van der Waals surface area (Å²) < 4.78 is 28.7. The van der Waals surface area contributed by atoms with E-state index in [0.29, 0.717) is 0 Å². The largest absolute Gasteiger partial charge is 0.506 e. The summed E-state index contributed by atoms with van der Waals surface area (Å²) in [6, 6.07) is 0. The molecule has 0 radical (unpaired) electrons. The molecule has 0 fully saturated rings. The second-order valence-electron chi connectivity index (χ2n) is 2.61. The molecule has 0 rings (SSSR count). The van der Waals surface area contributed by atoms with E-state index in [1.165, 1.54) is 0 Å². The summed E-state index contributed by atoms with van der Waals surface area (Å²) in [4.78, 5) is 21.4. The maximum Gasteiger partial charge on any atom is 0.506 e. The lowest BCUT2D eigenvalue weighted by molar-refractivity contribution is -0.149. The van der Waals surface area contributed by atoms with Gasteiger partial charge in [-0.25, -0.2) is 9.59 Å². The molecule has 0 bridgehead atoms. The van der Waals surface area contributed by atoms with Crippen LogP contribution in [0.15, 0.2) is 0 Å². The van der Waals surface area contributed by atoms with Crippen LogP contribution in [0, 0.1) is 0 Å². The summed E-state index contributed by atoms with van der Waals surface area (Å²) in [5.74, 6) is -3.53. The predicted molar refractivity (Wildman–Crippen MR) is 47.3 cm³/mol. The number of rotatable bonds is 6. The van der Waals surface area contributed by atoms with Crippen LogP contribution in [0.3, 0.4) is 0 Å². The molecule has 10 nitrogen and oxygen atoms in total. The van der Waals surface area contributed by atoms with Crippen LogP contribution in [0.2, 0.25) is 0 Å². The number of carbonyl (C=O) groups is 2. The molecule has 0 aromatic carbocycles. The van der Waals surface area contributed by atoms with E-state index in [-0.39, 0.29) is 0 Å². The molecule has 2 unspecified atom stereocenters. The Labute approximate surface area is 95.3 Å². The van der Waals surface area contributed by atoms with Crippen molar-refractivity contribution in [2.45, 2.75) is 12.2 Å². The maximum atomic E-state index is 10.8. The summed E-state index contributed by atoms with van der Waals surface area (Å²) in [5.41, 5.74) is 0. The second kappa shape index (κ2) is 6.46. The number of aliphatic hydroxyl groups excluding tert-OH is 4. The Morgan fingerprint density at radius 2 is 1.24 bits per heavy atom. The van der Waals surface area contributed by atoms with Crippen molar-refractivity contribution in [3.05, 3.63) is 0 Å². The first kappa shape index (κ1) is 15.7. The number of hydrogen-bond acceptors (Lipinski definition) is 10. The molecule has 2 atom stereocenters. The zero-order valence-electron chi connectivity index (χ0n) is 8.22. The van der Waals surface area contributed by atoms with Crippen molar-refractivity contribution in [2.24, 2.45) is 0 Å². The van der Waals surface area contributed by atoms with E-state index in [9.17, 15) is 18.0 Å². The van der Waals surface area contributed by atoms with Crippen molar-refractivity contribution in [1.82, 2.24) is 0 Å². The highest BCUT2D eigenvalue weighted by atomic mass is 32.3. The molecule has 0 aromatic heterocycles. The normalized spacial score (nSPS) is 14.8. The minimum Gasteiger partial charge on any atom is -0.393 e. The van der Waals surface area contributed by atoms with Crippen LogP contribution in [-0.2, 0) is 28.4 Å². The molecule has 0 amide bonds. The van der Waals surface area contributed by atoms with Gasteiger partial charge in [0.2, 0.25) is 0 Å². The average Bonchev–Trinajstić information content (AvgIpc) is 2.25. The smallest absolute Gasteiger partial charge is 0.393 e.